The van der Waals surface area contributed by atoms with Gasteiger partial charge in [0, 0.05) is 22.3 Å². The normalized spacial score (nSPS) is 11.4. The fraction of sp³-hybridized carbons (Fsp3) is 0.0435. The number of amides is 1. The third kappa shape index (κ3) is 4.28. The minimum Gasteiger partial charge on any atom is -0.336 e. The van der Waals surface area contributed by atoms with Crippen LogP contribution in [0.3, 0.4) is 0 Å². The van der Waals surface area contributed by atoms with Crippen LogP contribution in [0.5, 0.6) is 0 Å². The molecule has 4 aromatic rings. The summed E-state index contributed by atoms with van der Waals surface area (Å²) in [5.41, 5.74) is 0.128. The average molecular weight is 471 g/mol. The second kappa shape index (κ2) is 8.57. The quantitative estimate of drug-likeness (QED) is 0.472. The lowest BCUT2D eigenvalue weighted by Crippen LogP contribution is -2.23. The SMILES string of the molecule is O=C(Cn1cc(S(=O)(=O)c2ccc(Cl)cc2)c(=O)c2ccccc21)Nc1ccc(F)cc1. The predicted molar refractivity (Wildman–Crippen MR) is 120 cm³/mol. The standard InChI is InChI=1S/C23H16ClFN2O4S/c24-15-5-11-18(12-6-15)32(30,31)21-13-27(20-4-2-1-3-19(20)23(21)29)14-22(28)26-17-9-7-16(25)8-10-17/h1-13H,14H2,(H,26,28). The van der Waals surface area contributed by atoms with Crippen molar-refractivity contribution in [1.29, 1.82) is 0 Å². The van der Waals surface area contributed by atoms with Gasteiger partial charge < -0.3 is 9.88 Å². The number of hydrogen-bond acceptors (Lipinski definition) is 4. The zero-order chi connectivity index (χ0) is 22.9. The van der Waals surface area contributed by atoms with Crippen molar-refractivity contribution in [2.24, 2.45) is 0 Å². The van der Waals surface area contributed by atoms with Crippen LogP contribution in [0.4, 0.5) is 10.1 Å². The lowest BCUT2D eigenvalue weighted by atomic mass is 10.2. The number of aromatic nitrogens is 1. The first kappa shape index (κ1) is 21.7. The molecular formula is C23H16ClFN2O4S. The van der Waals surface area contributed by atoms with Crippen molar-refractivity contribution in [1.82, 2.24) is 4.57 Å². The number of pyridine rings is 1. The first-order valence-electron chi connectivity index (χ1n) is 9.44. The van der Waals surface area contributed by atoms with Gasteiger partial charge in [0.05, 0.1) is 10.4 Å². The Labute approximate surface area is 187 Å². The van der Waals surface area contributed by atoms with Crippen LogP contribution < -0.4 is 10.7 Å². The van der Waals surface area contributed by atoms with Gasteiger partial charge in [-0.15, -0.1) is 0 Å². The second-order valence-electron chi connectivity index (χ2n) is 6.98. The van der Waals surface area contributed by atoms with Crippen molar-refractivity contribution < 1.29 is 17.6 Å². The average Bonchev–Trinajstić information content (AvgIpc) is 2.77. The van der Waals surface area contributed by atoms with Crippen LogP contribution in [0, 0.1) is 5.82 Å². The topological polar surface area (TPSA) is 85.2 Å². The van der Waals surface area contributed by atoms with E-state index in [1.54, 1.807) is 18.2 Å². The molecule has 0 radical (unpaired) electrons. The molecular weight excluding hydrogens is 455 g/mol. The molecule has 0 fully saturated rings. The molecule has 6 nitrogen and oxygen atoms in total. The molecule has 0 saturated heterocycles. The number of para-hydroxylation sites is 1. The summed E-state index contributed by atoms with van der Waals surface area (Å²) in [6.45, 7) is -0.263. The van der Waals surface area contributed by atoms with Gasteiger partial charge in [-0.05, 0) is 60.7 Å². The van der Waals surface area contributed by atoms with E-state index < -0.39 is 31.9 Å². The third-order valence-corrected chi connectivity index (χ3v) is 6.82. The van der Waals surface area contributed by atoms with E-state index >= 15 is 0 Å². The molecule has 162 valence electrons. The monoisotopic (exact) mass is 470 g/mol. The van der Waals surface area contributed by atoms with Crippen LogP contribution in [0.25, 0.3) is 10.9 Å². The van der Waals surface area contributed by atoms with Gasteiger partial charge in [0.15, 0.2) is 0 Å². The van der Waals surface area contributed by atoms with E-state index in [9.17, 15) is 22.4 Å². The first-order valence-corrected chi connectivity index (χ1v) is 11.3. The van der Waals surface area contributed by atoms with Crippen LogP contribution in [-0.2, 0) is 21.2 Å². The fourth-order valence-corrected chi connectivity index (χ4v) is 4.76. The van der Waals surface area contributed by atoms with Gasteiger partial charge in [-0.1, -0.05) is 23.7 Å². The van der Waals surface area contributed by atoms with E-state index in [1.807, 2.05) is 0 Å². The summed E-state index contributed by atoms with van der Waals surface area (Å²) in [6, 6.07) is 17.1. The Kier molecular flexibility index (Phi) is 5.82. The molecule has 1 heterocycles. The number of nitrogens with zero attached hydrogens (tertiary/aromatic N) is 1. The summed E-state index contributed by atoms with van der Waals surface area (Å²) in [5, 5.41) is 3.15. The smallest absolute Gasteiger partial charge is 0.244 e. The molecule has 0 aliphatic heterocycles. The number of benzene rings is 3. The molecule has 0 atom stereocenters. The number of nitrogens with one attached hydrogen (secondary N) is 1. The second-order valence-corrected chi connectivity index (χ2v) is 9.33. The molecule has 0 unspecified atom stereocenters. The summed E-state index contributed by atoms with van der Waals surface area (Å²) in [5.74, 6) is -0.910. The molecule has 0 aliphatic rings. The Bertz CT molecular complexity index is 1480. The number of fused-ring (bicyclic) bond motifs is 1. The zero-order valence-electron chi connectivity index (χ0n) is 16.5. The molecule has 1 N–H and O–H groups in total. The number of hydrogen-bond donors (Lipinski definition) is 1. The molecule has 3 aromatic carbocycles. The molecule has 0 saturated carbocycles. The summed E-state index contributed by atoms with van der Waals surface area (Å²) in [6.07, 6.45) is 1.17. The number of carbonyl (C=O) groups is 1. The Balaban J connectivity index is 1.78. The van der Waals surface area contributed by atoms with Crippen molar-refractivity contribution in [2.45, 2.75) is 16.3 Å². The summed E-state index contributed by atoms with van der Waals surface area (Å²) < 4.78 is 40.8. The Morgan fingerprint density at radius 3 is 2.31 bits per heavy atom. The van der Waals surface area contributed by atoms with Crippen molar-refractivity contribution in [3.8, 4) is 0 Å². The Hall–Kier alpha value is -3.49. The number of halogens is 2. The number of rotatable bonds is 5. The molecule has 0 spiro atoms. The number of anilines is 1. The summed E-state index contributed by atoms with van der Waals surface area (Å²) in [7, 11) is -4.17. The highest BCUT2D eigenvalue weighted by atomic mass is 35.5. The van der Waals surface area contributed by atoms with E-state index in [0.717, 1.165) is 0 Å². The summed E-state index contributed by atoms with van der Waals surface area (Å²) >= 11 is 5.85. The van der Waals surface area contributed by atoms with Crippen LogP contribution in [0.1, 0.15) is 0 Å². The van der Waals surface area contributed by atoms with Crippen LogP contribution in [-0.4, -0.2) is 18.9 Å². The van der Waals surface area contributed by atoms with Gasteiger partial charge in [-0.25, -0.2) is 12.8 Å². The largest absolute Gasteiger partial charge is 0.336 e. The zero-order valence-corrected chi connectivity index (χ0v) is 18.0. The van der Waals surface area contributed by atoms with Gasteiger partial charge in [-0.2, -0.15) is 0 Å². The molecule has 1 aromatic heterocycles. The van der Waals surface area contributed by atoms with E-state index in [-0.39, 0.29) is 16.8 Å². The van der Waals surface area contributed by atoms with Crippen molar-refractivity contribution in [3.63, 3.8) is 0 Å². The molecule has 0 bridgehead atoms. The Morgan fingerprint density at radius 1 is 0.969 bits per heavy atom. The highest BCUT2D eigenvalue weighted by Gasteiger charge is 2.24. The van der Waals surface area contributed by atoms with Gasteiger partial charge >= 0.3 is 0 Å². The van der Waals surface area contributed by atoms with Gasteiger partial charge in [0.1, 0.15) is 17.3 Å². The third-order valence-electron chi connectivity index (χ3n) is 4.81. The molecule has 32 heavy (non-hydrogen) atoms. The maximum atomic E-state index is 13.2. The molecule has 0 aliphatic carbocycles. The van der Waals surface area contributed by atoms with Crippen molar-refractivity contribution in [2.75, 3.05) is 5.32 Å². The predicted octanol–water partition coefficient (Wildman–Crippen LogP) is 4.27. The number of carbonyl (C=O) groups excluding carboxylic acids is 1. The van der Waals surface area contributed by atoms with Gasteiger partial charge in [-0.3, -0.25) is 9.59 Å². The van der Waals surface area contributed by atoms with E-state index in [1.165, 1.54) is 65.4 Å². The summed E-state index contributed by atoms with van der Waals surface area (Å²) in [4.78, 5) is 25.1. The van der Waals surface area contributed by atoms with Crippen LogP contribution in [0.2, 0.25) is 5.02 Å². The lowest BCUT2D eigenvalue weighted by molar-refractivity contribution is -0.116. The Morgan fingerprint density at radius 2 is 1.62 bits per heavy atom. The van der Waals surface area contributed by atoms with E-state index in [0.29, 0.717) is 16.2 Å². The van der Waals surface area contributed by atoms with Crippen molar-refractivity contribution >= 4 is 43.9 Å². The molecule has 4 rings (SSSR count). The minimum absolute atomic E-state index is 0.0865. The molecule has 9 heteroatoms. The van der Waals surface area contributed by atoms with Crippen molar-refractivity contribution in [3.05, 3.63) is 100 Å². The first-order chi connectivity index (χ1) is 15.3. The highest BCUT2D eigenvalue weighted by molar-refractivity contribution is 7.91. The van der Waals surface area contributed by atoms with Crippen LogP contribution in [0.15, 0.2) is 93.6 Å². The van der Waals surface area contributed by atoms with E-state index in [4.69, 9.17) is 11.6 Å². The lowest BCUT2D eigenvalue weighted by Gasteiger charge is -2.14. The minimum atomic E-state index is -4.17. The highest BCUT2D eigenvalue weighted by Crippen LogP contribution is 2.23. The maximum absolute atomic E-state index is 13.2. The molecule has 1 amide bonds. The fourth-order valence-electron chi connectivity index (χ4n) is 3.27. The van der Waals surface area contributed by atoms with Gasteiger partial charge in [0.25, 0.3) is 0 Å². The van der Waals surface area contributed by atoms with Crippen LogP contribution >= 0.6 is 11.6 Å². The maximum Gasteiger partial charge on any atom is 0.244 e. The van der Waals surface area contributed by atoms with Gasteiger partial charge in [0.2, 0.25) is 21.2 Å². The number of sulfone groups is 1. The van der Waals surface area contributed by atoms with E-state index in [2.05, 4.69) is 5.32 Å².